The summed E-state index contributed by atoms with van der Waals surface area (Å²) in [6.07, 6.45) is 4.77. The molecule has 0 amide bonds. The van der Waals surface area contributed by atoms with Crippen molar-refractivity contribution in [3.63, 3.8) is 0 Å². The number of rotatable bonds is 6. The number of phenols is 1. The molecule has 2 atom stereocenters. The van der Waals surface area contributed by atoms with Gasteiger partial charge in [0.15, 0.2) is 0 Å². The molecular weight excluding hydrogens is 226 g/mol. The van der Waals surface area contributed by atoms with Crippen LogP contribution in [0.1, 0.15) is 31.7 Å². The van der Waals surface area contributed by atoms with Crippen LogP contribution in [-0.4, -0.2) is 28.9 Å². The molecule has 3 nitrogen and oxygen atoms in total. The third-order valence-electron chi connectivity index (χ3n) is 3.99. The fourth-order valence-corrected chi connectivity index (χ4v) is 2.54. The van der Waals surface area contributed by atoms with Crippen LogP contribution in [0.3, 0.4) is 0 Å². The Morgan fingerprint density at radius 1 is 1.28 bits per heavy atom. The first kappa shape index (κ1) is 13.4. The summed E-state index contributed by atoms with van der Waals surface area (Å²) in [5, 5.41) is 22.2. The predicted molar refractivity (Wildman–Crippen MR) is 72.6 cm³/mol. The van der Waals surface area contributed by atoms with E-state index in [1.165, 1.54) is 19.3 Å². The molecule has 1 saturated carbocycles. The maximum Gasteiger partial charge on any atom is 0.115 e. The first-order valence-corrected chi connectivity index (χ1v) is 6.84. The minimum atomic E-state index is 0.102. The van der Waals surface area contributed by atoms with Crippen molar-refractivity contribution in [2.75, 3.05) is 6.61 Å². The fraction of sp³-hybridized carbons (Fsp3) is 0.600. The lowest BCUT2D eigenvalue weighted by atomic mass is 9.80. The van der Waals surface area contributed by atoms with E-state index in [9.17, 15) is 10.2 Å². The molecule has 18 heavy (non-hydrogen) atoms. The second-order valence-corrected chi connectivity index (χ2v) is 5.40. The summed E-state index contributed by atoms with van der Waals surface area (Å²) >= 11 is 0. The average molecular weight is 249 g/mol. The summed E-state index contributed by atoms with van der Waals surface area (Å²) in [6, 6.07) is 7.79. The van der Waals surface area contributed by atoms with Gasteiger partial charge in [0.2, 0.25) is 0 Å². The van der Waals surface area contributed by atoms with Gasteiger partial charge in [-0.3, -0.25) is 0 Å². The van der Waals surface area contributed by atoms with E-state index in [-0.39, 0.29) is 18.4 Å². The van der Waals surface area contributed by atoms with Gasteiger partial charge in [0.25, 0.3) is 0 Å². The Bertz CT molecular complexity index is 359. The van der Waals surface area contributed by atoms with Gasteiger partial charge in [-0.25, -0.2) is 0 Å². The number of benzene rings is 1. The van der Waals surface area contributed by atoms with Crippen LogP contribution in [0.25, 0.3) is 0 Å². The molecule has 0 heterocycles. The van der Waals surface area contributed by atoms with Crippen molar-refractivity contribution in [2.24, 2.45) is 5.92 Å². The highest BCUT2D eigenvalue weighted by Crippen LogP contribution is 2.29. The summed E-state index contributed by atoms with van der Waals surface area (Å²) in [4.78, 5) is 0. The summed E-state index contributed by atoms with van der Waals surface area (Å²) in [5.74, 6) is 1.06. The second-order valence-electron chi connectivity index (χ2n) is 5.40. The minimum Gasteiger partial charge on any atom is -0.508 e. The normalized spacial score (nSPS) is 19.2. The molecule has 0 unspecified atom stereocenters. The second kappa shape index (κ2) is 6.21. The molecule has 2 rings (SSSR count). The standard InChI is InChI=1S/C15H23NO2/c1-11(13-3-2-4-13)16-14(10-17)9-12-5-7-15(18)8-6-12/h5-8,11,13-14,16-18H,2-4,9-10H2,1H3/t11-,14+/m1/s1. The topological polar surface area (TPSA) is 52.5 Å². The maximum atomic E-state index is 9.45. The smallest absolute Gasteiger partial charge is 0.115 e. The Morgan fingerprint density at radius 3 is 2.44 bits per heavy atom. The van der Waals surface area contributed by atoms with Crippen LogP contribution >= 0.6 is 0 Å². The van der Waals surface area contributed by atoms with Crippen LogP contribution < -0.4 is 5.32 Å². The van der Waals surface area contributed by atoms with Crippen LogP contribution in [0.2, 0.25) is 0 Å². The molecule has 3 N–H and O–H groups in total. The van der Waals surface area contributed by atoms with Crippen molar-refractivity contribution in [3.05, 3.63) is 29.8 Å². The quantitative estimate of drug-likeness (QED) is 0.723. The molecular formula is C15H23NO2. The van der Waals surface area contributed by atoms with E-state index in [0.717, 1.165) is 17.9 Å². The van der Waals surface area contributed by atoms with Crippen LogP contribution in [0.15, 0.2) is 24.3 Å². The SMILES string of the molecule is C[C@@H](N[C@H](CO)Cc1ccc(O)cc1)C1CCC1. The van der Waals surface area contributed by atoms with E-state index < -0.39 is 0 Å². The van der Waals surface area contributed by atoms with Gasteiger partial charge < -0.3 is 15.5 Å². The van der Waals surface area contributed by atoms with Gasteiger partial charge in [-0.2, -0.15) is 0 Å². The first-order chi connectivity index (χ1) is 8.69. The van der Waals surface area contributed by atoms with Crippen molar-refractivity contribution in [3.8, 4) is 5.75 Å². The Kier molecular flexibility index (Phi) is 4.61. The van der Waals surface area contributed by atoms with Crippen LogP contribution in [0.5, 0.6) is 5.75 Å². The maximum absolute atomic E-state index is 9.45. The Labute approximate surface area is 109 Å². The number of nitrogens with one attached hydrogen (secondary N) is 1. The van der Waals surface area contributed by atoms with Crippen LogP contribution in [-0.2, 0) is 6.42 Å². The van der Waals surface area contributed by atoms with Gasteiger partial charge in [-0.15, -0.1) is 0 Å². The zero-order valence-electron chi connectivity index (χ0n) is 11.0. The number of hydrogen-bond donors (Lipinski definition) is 3. The van der Waals surface area contributed by atoms with Crippen molar-refractivity contribution in [1.29, 1.82) is 0 Å². The molecule has 1 aromatic carbocycles. The van der Waals surface area contributed by atoms with Gasteiger partial charge in [-0.1, -0.05) is 18.6 Å². The highest BCUT2D eigenvalue weighted by molar-refractivity contribution is 5.26. The molecule has 1 fully saturated rings. The van der Waals surface area contributed by atoms with Gasteiger partial charge in [0.05, 0.1) is 6.61 Å². The molecule has 0 aliphatic heterocycles. The fourth-order valence-electron chi connectivity index (χ4n) is 2.54. The number of aliphatic hydroxyl groups excluding tert-OH is 1. The molecule has 0 aromatic heterocycles. The molecule has 1 aromatic rings. The number of hydrogen-bond acceptors (Lipinski definition) is 3. The highest BCUT2D eigenvalue weighted by Gasteiger charge is 2.25. The lowest BCUT2D eigenvalue weighted by molar-refractivity contribution is 0.185. The van der Waals surface area contributed by atoms with E-state index in [1.54, 1.807) is 12.1 Å². The molecule has 0 radical (unpaired) electrons. The van der Waals surface area contributed by atoms with E-state index in [2.05, 4.69) is 12.2 Å². The zero-order chi connectivity index (χ0) is 13.0. The minimum absolute atomic E-state index is 0.102. The van der Waals surface area contributed by atoms with Gasteiger partial charge in [-0.05, 0) is 49.8 Å². The Morgan fingerprint density at radius 2 is 1.94 bits per heavy atom. The summed E-state index contributed by atoms with van der Waals surface area (Å²) in [6.45, 7) is 2.36. The third-order valence-corrected chi connectivity index (χ3v) is 3.99. The molecule has 0 bridgehead atoms. The Balaban J connectivity index is 1.86. The molecule has 0 saturated heterocycles. The van der Waals surface area contributed by atoms with Gasteiger partial charge >= 0.3 is 0 Å². The summed E-state index contributed by atoms with van der Waals surface area (Å²) in [5.41, 5.74) is 1.14. The lowest BCUT2D eigenvalue weighted by Gasteiger charge is -2.34. The van der Waals surface area contributed by atoms with E-state index >= 15 is 0 Å². The average Bonchev–Trinajstić information content (AvgIpc) is 2.28. The van der Waals surface area contributed by atoms with Crippen molar-refractivity contribution >= 4 is 0 Å². The summed E-state index contributed by atoms with van der Waals surface area (Å²) < 4.78 is 0. The highest BCUT2D eigenvalue weighted by atomic mass is 16.3. The first-order valence-electron chi connectivity index (χ1n) is 6.84. The molecule has 1 aliphatic carbocycles. The number of aliphatic hydroxyl groups is 1. The monoisotopic (exact) mass is 249 g/mol. The number of aromatic hydroxyl groups is 1. The number of phenolic OH excluding ortho intramolecular Hbond substituents is 1. The molecule has 0 spiro atoms. The van der Waals surface area contributed by atoms with Gasteiger partial charge in [0, 0.05) is 12.1 Å². The van der Waals surface area contributed by atoms with E-state index in [1.807, 2.05) is 12.1 Å². The van der Waals surface area contributed by atoms with Crippen LogP contribution in [0.4, 0.5) is 0 Å². The molecule has 100 valence electrons. The van der Waals surface area contributed by atoms with Crippen molar-refractivity contribution in [1.82, 2.24) is 5.32 Å². The zero-order valence-corrected chi connectivity index (χ0v) is 11.0. The molecule has 1 aliphatic rings. The van der Waals surface area contributed by atoms with Crippen LogP contribution in [0, 0.1) is 5.92 Å². The summed E-state index contributed by atoms with van der Waals surface area (Å²) in [7, 11) is 0. The lowest BCUT2D eigenvalue weighted by Crippen LogP contribution is -2.45. The van der Waals surface area contributed by atoms with Crippen molar-refractivity contribution in [2.45, 2.75) is 44.7 Å². The van der Waals surface area contributed by atoms with E-state index in [0.29, 0.717) is 6.04 Å². The molecule has 3 heteroatoms. The van der Waals surface area contributed by atoms with Gasteiger partial charge in [0.1, 0.15) is 5.75 Å². The Hall–Kier alpha value is -1.06. The largest absolute Gasteiger partial charge is 0.508 e. The predicted octanol–water partition coefficient (Wildman–Crippen LogP) is 2.07. The van der Waals surface area contributed by atoms with E-state index in [4.69, 9.17) is 0 Å². The third kappa shape index (κ3) is 3.47. The van der Waals surface area contributed by atoms with Crippen molar-refractivity contribution < 1.29 is 10.2 Å².